The van der Waals surface area contributed by atoms with Gasteiger partial charge in [0.2, 0.25) is 5.89 Å². The summed E-state index contributed by atoms with van der Waals surface area (Å²) in [4.78, 5) is 16.7. The van der Waals surface area contributed by atoms with E-state index in [1.54, 1.807) is 11.2 Å². The van der Waals surface area contributed by atoms with Crippen LogP contribution in [0.1, 0.15) is 68.8 Å². The highest BCUT2D eigenvalue weighted by Gasteiger charge is 2.58. The molecule has 2 aliphatic heterocycles. The SMILES string of the molecule is CCOC(=O)C1CCN(S(=O)(=O)N2CC3(CC3)C[C@H]2c2nc(CCCc3ccccc3)no2)CC1. The van der Waals surface area contributed by atoms with Crippen molar-refractivity contribution < 1.29 is 22.5 Å². The third kappa shape index (κ3) is 5.29. The van der Waals surface area contributed by atoms with Crippen LogP contribution in [0.25, 0.3) is 0 Å². The zero-order chi connectivity index (χ0) is 24.5. The average Bonchev–Trinajstić information content (AvgIpc) is 3.27. The van der Waals surface area contributed by atoms with Crippen molar-refractivity contribution in [3.05, 3.63) is 47.6 Å². The Kier molecular flexibility index (Phi) is 6.96. The first-order valence-electron chi connectivity index (χ1n) is 12.7. The number of hydrogen-bond acceptors (Lipinski definition) is 7. The summed E-state index contributed by atoms with van der Waals surface area (Å²) in [7, 11) is -3.71. The molecule has 0 amide bonds. The number of rotatable bonds is 9. The number of aromatic nitrogens is 2. The topological polar surface area (TPSA) is 106 Å². The highest BCUT2D eigenvalue weighted by Crippen LogP contribution is 2.59. The van der Waals surface area contributed by atoms with Crippen LogP contribution in [0.3, 0.4) is 0 Å². The van der Waals surface area contributed by atoms with E-state index in [0.29, 0.717) is 57.2 Å². The molecule has 5 rings (SSSR count). The zero-order valence-electron chi connectivity index (χ0n) is 20.3. The molecule has 35 heavy (non-hydrogen) atoms. The molecule has 1 saturated carbocycles. The average molecular weight is 503 g/mol. The van der Waals surface area contributed by atoms with Gasteiger partial charge in [0.25, 0.3) is 10.2 Å². The van der Waals surface area contributed by atoms with Gasteiger partial charge in [-0.25, -0.2) is 0 Å². The van der Waals surface area contributed by atoms with Crippen LogP contribution >= 0.6 is 0 Å². The number of benzene rings is 1. The third-order valence-corrected chi connectivity index (χ3v) is 9.59. The van der Waals surface area contributed by atoms with E-state index in [-0.39, 0.29) is 17.3 Å². The van der Waals surface area contributed by atoms with E-state index >= 15 is 0 Å². The van der Waals surface area contributed by atoms with E-state index in [4.69, 9.17) is 9.26 Å². The number of esters is 1. The van der Waals surface area contributed by atoms with Crippen molar-refractivity contribution in [3.63, 3.8) is 0 Å². The molecule has 0 unspecified atom stereocenters. The largest absolute Gasteiger partial charge is 0.466 e. The quantitative estimate of drug-likeness (QED) is 0.485. The minimum Gasteiger partial charge on any atom is -0.466 e. The minimum atomic E-state index is -3.71. The summed E-state index contributed by atoms with van der Waals surface area (Å²) in [6, 6.07) is 9.85. The smallest absolute Gasteiger partial charge is 0.309 e. The second-order valence-electron chi connectivity index (χ2n) is 10.1. The van der Waals surface area contributed by atoms with Gasteiger partial charge < -0.3 is 9.26 Å². The van der Waals surface area contributed by atoms with Crippen molar-refractivity contribution in [3.8, 4) is 0 Å². The van der Waals surface area contributed by atoms with Crippen LogP contribution in [0.2, 0.25) is 0 Å². The van der Waals surface area contributed by atoms with Crippen molar-refractivity contribution in [2.45, 2.75) is 64.3 Å². The lowest BCUT2D eigenvalue weighted by molar-refractivity contribution is -0.149. The fraction of sp³-hybridized carbons (Fsp3) is 0.640. The fourth-order valence-corrected chi connectivity index (χ4v) is 7.23. The molecule has 1 atom stereocenters. The summed E-state index contributed by atoms with van der Waals surface area (Å²) in [5.41, 5.74) is 1.30. The fourth-order valence-electron chi connectivity index (χ4n) is 5.34. The molecule has 2 aromatic rings. The third-order valence-electron chi connectivity index (χ3n) is 7.60. The van der Waals surface area contributed by atoms with E-state index in [1.165, 1.54) is 9.87 Å². The first kappa shape index (κ1) is 24.4. The molecule has 0 N–H and O–H groups in total. The Bertz CT molecular complexity index is 1120. The first-order chi connectivity index (χ1) is 16.9. The van der Waals surface area contributed by atoms with Gasteiger partial charge in [-0.1, -0.05) is 35.5 Å². The van der Waals surface area contributed by atoms with Gasteiger partial charge in [0.05, 0.1) is 12.5 Å². The molecule has 10 heteroatoms. The highest BCUT2D eigenvalue weighted by atomic mass is 32.2. The van der Waals surface area contributed by atoms with E-state index in [9.17, 15) is 13.2 Å². The normalized spacial score (nSPS) is 23.1. The van der Waals surface area contributed by atoms with Gasteiger partial charge in [-0.15, -0.1) is 0 Å². The van der Waals surface area contributed by atoms with Crippen molar-refractivity contribution in [1.29, 1.82) is 0 Å². The molecule has 1 aromatic carbocycles. The highest BCUT2D eigenvalue weighted by molar-refractivity contribution is 7.86. The molecule has 1 aliphatic carbocycles. The van der Waals surface area contributed by atoms with Crippen LogP contribution in [-0.4, -0.2) is 59.4 Å². The maximum Gasteiger partial charge on any atom is 0.309 e. The Balaban J connectivity index is 1.24. The predicted molar refractivity (Wildman–Crippen MR) is 128 cm³/mol. The Hall–Kier alpha value is -2.30. The Morgan fingerprint density at radius 1 is 1.17 bits per heavy atom. The van der Waals surface area contributed by atoms with E-state index in [2.05, 4.69) is 22.3 Å². The predicted octanol–water partition coefficient (Wildman–Crippen LogP) is 3.29. The van der Waals surface area contributed by atoms with Crippen LogP contribution in [0, 0.1) is 11.3 Å². The molecule has 1 spiro atoms. The van der Waals surface area contributed by atoms with Gasteiger partial charge in [-0.2, -0.15) is 22.0 Å². The number of hydrogen-bond donors (Lipinski definition) is 0. The lowest BCUT2D eigenvalue weighted by Crippen LogP contribution is -2.48. The maximum absolute atomic E-state index is 13.7. The second kappa shape index (κ2) is 9.99. The van der Waals surface area contributed by atoms with Gasteiger partial charge in [0, 0.05) is 26.1 Å². The second-order valence-corrected chi connectivity index (χ2v) is 12.0. The molecule has 0 bridgehead atoms. The summed E-state index contributed by atoms with van der Waals surface area (Å²) in [6.07, 6.45) is 6.24. The lowest BCUT2D eigenvalue weighted by atomic mass is 9.98. The molecule has 9 nitrogen and oxygen atoms in total. The first-order valence-corrected chi connectivity index (χ1v) is 14.1. The Morgan fingerprint density at radius 3 is 2.60 bits per heavy atom. The molecule has 3 fully saturated rings. The Morgan fingerprint density at radius 2 is 1.91 bits per heavy atom. The minimum absolute atomic E-state index is 0.0307. The van der Waals surface area contributed by atoms with Crippen molar-refractivity contribution in [2.24, 2.45) is 11.3 Å². The standard InChI is InChI=1S/C25H34N4O5S/c1-2-33-24(30)20-11-15-28(16-12-20)35(31,32)29-18-25(13-14-25)17-21(29)23-26-22(27-34-23)10-6-9-19-7-4-3-5-8-19/h3-5,7-8,20-21H,2,6,9-18H2,1H3/t21-/m0/s1. The van der Waals surface area contributed by atoms with Crippen LogP contribution in [0.15, 0.2) is 34.9 Å². The van der Waals surface area contributed by atoms with Crippen LogP contribution < -0.4 is 0 Å². The molecule has 190 valence electrons. The summed E-state index contributed by atoms with van der Waals surface area (Å²) in [5.74, 6) is 0.555. The van der Waals surface area contributed by atoms with Crippen LogP contribution in [-0.2, 0) is 32.6 Å². The number of nitrogens with zero attached hydrogens (tertiary/aromatic N) is 4. The van der Waals surface area contributed by atoms with Crippen molar-refractivity contribution in [2.75, 3.05) is 26.2 Å². The number of carbonyl (C=O) groups excluding carboxylic acids is 1. The monoisotopic (exact) mass is 502 g/mol. The number of piperidine rings is 1. The zero-order valence-corrected chi connectivity index (χ0v) is 21.1. The molecular weight excluding hydrogens is 468 g/mol. The molecule has 3 heterocycles. The number of ether oxygens (including phenoxy) is 1. The molecule has 3 aliphatic rings. The summed E-state index contributed by atoms with van der Waals surface area (Å²) in [5, 5.41) is 4.16. The van der Waals surface area contributed by atoms with E-state index in [0.717, 1.165) is 32.1 Å². The molecule has 0 radical (unpaired) electrons. The van der Waals surface area contributed by atoms with Crippen molar-refractivity contribution >= 4 is 16.2 Å². The Labute approximate surface area is 207 Å². The summed E-state index contributed by atoms with van der Waals surface area (Å²) >= 11 is 0. The summed E-state index contributed by atoms with van der Waals surface area (Å²) in [6.45, 7) is 3.25. The number of aryl methyl sites for hydroxylation is 2. The van der Waals surface area contributed by atoms with E-state index in [1.807, 2.05) is 18.2 Å². The van der Waals surface area contributed by atoms with Crippen LogP contribution in [0.4, 0.5) is 0 Å². The van der Waals surface area contributed by atoms with Gasteiger partial charge in [0.15, 0.2) is 5.82 Å². The molecular formula is C25H34N4O5S. The maximum atomic E-state index is 13.7. The summed E-state index contributed by atoms with van der Waals surface area (Å²) < 4.78 is 41.2. The van der Waals surface area contributed by atoms with E-state index < -0.39 is 16.3 Å². The van der Waals surface area contributed by atoms with Gasteiger partial charge >= 0.3 is 5.97 Å². The van der Waals surface area contributed by atoms with Crippen LogP contribution in [0.5, 0.6) is 0 Å². The lowest BCUT2D eigenvalue weighted by Gasteiger charge is -2.34. The molecule has 1 aromatic heterocycles. The van der Waals surface area contributed by atoms with Gasteiger partial charge in [0.1, 0.15) is 6.04 Å². The number of carbonyl (C=O) groups is 1. The van der Waals surface area contributed by atoms with Gasteiger partial charge in [-0.3, -0.25) is 4.79 Å². The van der Waals surface area contributed by atoms with Crippen molar-refractivity contribution in [1.82, 2.24) is 18.8 Å². The molecule has 2 saturated heterocycles. The van der Waals surface area contributed by atoms with Gasteiger partial charge in [-0.05, 0) is 62.8 Å².